The van der Waals surface area contributed by atoms with E-state index in [1.54, 1.807) is 18.2 Å². The molecule has 2 aromatic carbocycles. The molecule has 4 rings (SSSR count). The van der Waals surface area contributed by atoms with E-state index < -0.39 is 0 Å². The van der Waals surface area contributed by atoms with Crippen LogP contribution in [0.5, 0.6) is 0 Å². The van der Waals surface area contributed by atoms with Crippen molar-refractivity contribution < 1.29 is 9.21 Å². The number of rotatable bonds is 3. The summed E-state index contributed by atoms with van der Waals surface area (Å²) in [4.78, 5) is 16.8. The minimum absolute atomic E-state index is 0.200. The van der Waals surface area contributed by atoms with Crippen LogP contribution >= 0.6 is 50.5 Å². The number of thiazole rings is 1. The Hall–Kier alpha value is -1.86. The van der Waals surface area contributed by atoms with Gasteiger partial charge in [-0.25, -0.2) is 4.98 Å². The number of hydrogen-bond donors (Lipinski definition) is 1. The van der Waals surface area contributed by atoms with Crippen molar-refractivity contribution in [3.8, 4) is 11.3 Å². The maximum atomic E-state index is 12.4. The number of aromatic nitrogens is 1. The van der Waals surface area contributed by atoms with Gasteiger partial charge in [-0.2, -0.15) is 0 Å². The van der Waals surface area contributed by atoms with Crippen molar-refractivity contribution >= 4 is 71.7 Å². The predicted molar refractivity (Wildman–Crippen MR) is 109 cm³/mol. The fourth-order valence-electron chi connectivity index (χ4n) is 2.38. The Balaban J connectivity index is 1.57. The van der Waals surface area contributed by atoms with Crippen molar-refractivity contribution in [2.75, 3.05) is 5.32 Å². The molecule has 0 fully saturated rings. The minimum Gasteiger partial charge on any atom is -0.451 e. The first-order chi connectivity index (χ1) is 12.5. The van der Waals surface area contributed by atoms with Gasteiger partial charge in [0.1, 0.15) is 11.3 Å². The topological polar surface area (TPSA) is 55.1 Å². The van der Waals surface area contributed by atoms with E-state index in [-0.39, 0.29) is 11.7 Å². The molecule has 0 atom stereocenters. The molecule has 4 aromatic rings. The van der Waals surface area contributed by atoms with Crippen molar-refractivity contribution in [2.24, 2.45) is 0 Å². The second kappa shape index (κ2) is 7.04. The zero-order valence-electron chi connectivity index (χ0n) is 12.9. The lowest BCUT2D eigenvalue weighted by atomic mass is 10.2. The number of fused-ring (bicyclic) bond motifs is 1. The molecule has 1 N–H and O–H groups in total. The van der Waals surface area contributed by atoms with E-state index in [0.717, 1.165) is 14.7 Å². The van der Waals surface area contributed by atoms with Crippen LogP contribution in [0.25, 0.3) is 21.5 Å². The van der Waals surface area contributed by atoms with E-state index in [1.165, 1.54) is 11.3 Å². The Bertz CT molecular complexity index is 1120. The molecule has 0 saturated heterocycles. The van der Waals surface area contributed by atoms with E-state index in [9.17, 15) is 4.79 Å². The first-order valence-corrected chi connectivity index (χ1v) is 9.79. The van der Waals surface area contributed by atoms with Gasteiger partial charge in [-0.05, 0) is 36.4 Å². The smallest absolute Gasteiger partial charge is 0.293 e. The molecule has 26 heavy (non-hydrogen) atoms. The Morgan fingerprint density at radius 2 is 1.85 bits per heavy atom. The summed E-state index contributed by atoms with van der Waals surface area (Å²) in [6, 6.07) is 14.5. The molecule has 8 heteroatoms. The van der Waals surface area contributed by atoms with Gasteiger partial charge in [0, 0.05) is 10.0 Å². The summed E-state index contributed by atoms with van der Waals surface area (Å²) in [6.07, 6.45) is 0. The lowest BCUT2D eigenvalue weighted by Gasteiger charge is -1.99. The molecule has 1 amide bonds. The highest BCUT2D eigenvalue weighted by Gasteiger charge is 2.16. The van der Waals surface area contributed by atoms with Crippen LogP contribution in [0.4, 0.5) is 5.13 Å². The van der Waals surface area contributed by atoms with Gasteiger partial charge >= 0.3 is 0 Å². The molecule has 2 aromatic heterocycles. The summed E-state index contributed by atoms with van der Waals surface area (Å²) in [5.74, 6) is 0.433. The van der Waals surface area contributed by atoms with Crippen LogP contribution in [0.15, 0.2) is 57.4 Å². The molecular weight excluding hydrogens is 459 g/mol. The molecule has 130 valence electrons. The molecule has 0 unspecified atom stereocenters. The van der Waals surface area contributed by atoms with Crippen LogP contribution in [0, 0.1) is 0 Å². The largest absolute Gasteiger partial charge is 0.451 e. The molecule has 0 spiro atoms. The number of nitrogens with zero attached hydrogens (tertiary/aromatic N) is 1. The predicted octanol–water partition coefficient (Wildman–Crippen LogP) is 6.88. The Labute approximate surface area is 170 Å². The van der Waals surface area contributed by atoms with Gasteiger partial charge in [0.05, 0.1) is 14.7 Å². The molecule has 0 aliphatic carbocycles. The minimum atomic E-state index is -0.380. The monoisotopic (exact) mass is 466 g/mol. The molecule has 0 saturated carbocycles. The summed E-state index contributed by atoms with van der Waals surface area (Å²) in [5.41, 5.74) is 1.45. The van der Waals surface area contributed by atoms with E-state index in [4.69, 9.17) is 27.6 Å². The number of halogens is 3. The first-order valence-electron chi connectivity index (χ1n) is 7.43. The lowest BCUT2D eigenvalue weighted by molar-refractivity contribution is 0.0997. The Morgan fingerprint density at radius 1 is 1.08 bits per heavy atom. The van der Waals surface area contributed by atoms with Gasteiger partial charge in [-0.1, -0.05) is 62.6 Å². The number of carbonyl (C=O) groups excluding carboxylic acids is 1. The number of amides is 1. The molecule has 0 aliphatic heterocycles. The SMILES string of the molecule is O=C(Nc1nc2c(Cl)c(Cl)ccc2s1)c1ccc(-c2ccc(Br)cc2)o1. The van der Waals surface area contributed by atoms with Crippen LogP contribution in [-0.4, -0.2) is 10.9 Å². The highest BCUT2D eigenvalue weighted by atomic mass is 79.9. The molecular formula is C18H9BrCl2N2O2S. The third-order valence-electron chi connectivity index (χ3n) is 3.63. The van der Waals surface area contributed by atoms with Crippen molar-refractivity contribution in [3.05, 3.63) is 68.8 Å². The molecule has 4 nitrogen and oxygen atoms in total. The van der Waals surface area contributed by atoms with Gasteiger partial charge in [0.25, 0.3) is 5.91 Å². The van der Waals surface area contributed by atoms with Crippen molar-refractivity contribution in [1.82, 2.24) is 4.98 Å². The van der Waals surface area contributed by atoms with Gasteiger partial charge in [-0.3, -0.25) is 10.1 Å². The highest BCUT2D eigenvalue weighted by Crippen LogP contribution is 2.35. The van der Waals surface area contributed by atoms with Gasteiger partial charge in [-0.15, -0.1) is 0 Å². The van der Waals surface area contributed by atoms with E-state index in [2.05, 4.69) is 26.2 Å². The lowest BCUT2D eigenvalue weighted by Crippen LogP contribution is -2.10. The number of furan rings is 1. The van der Waals surface area contributed by atoms with Crippen molar-refractivity contribution in [1.29, 1.82) is 0 Å². The molecule has 0 aliphatic rings. The third kappa shape index (κ3) is 3.38. The Morgan fingerprint density at radius 3 is 2.62 bits per heavy atom. The number of nitrogens with one attached hydrogen (secondary N) is 1. The second-order valence-corrected chi connectivity index (χ2v) is 8.08. The number of carbonyl (C=O) groups is 1. The zero-order valence-corrected chi connectivity index (χ0v) is 16.8. The molecule has 0 bridgehead atoms. The van der Waals surface area contributed by atoms with E-state index in [0.29, 0.717) is 26.5 Å². The fourth-order valence-corrected chi connectivity index (χ4v) is 3.93. The van der Waals surface area contributed by atoms with E-state index >= 15 is 0 Å². The summed E-state index contributed by atoms with van der Waals surface area (Å²) in [7, 11) is 0. The molecule has 0 radical (unpaired) electrons. The number of anilines is 1. The zero-order chi connectivity index (χ0) is 18.3. The van der Waals surface area contributed by atoms with Gasteiger partial charge < -0.3 is 4.42 Å². The maximum Gasteiger partial charge on any atom is 0.293 e. The standard InChI is InChI=1S/C18H9BrCl2N2O2S/c19-10-3-1-9(2-4-10)12-6-7-13(25-12)17(24)23-18-22-16-14(26-18)8-5-11(20)15(16)21/h1-8H,(H,22,23,24). The summed E-state index contributed by atoms with van der Waals surface area (Å²) < 4.78 is 7.47. The van der Waals surface area contributed by atoms with E-state index in [1.807, 2.05) is 30.3 Å². The van der Waals surface area contributed by atoms with Crippen molar-refractivity contribution in [3.63, 3.8) is 0 Å². The average molecular weight is 468 g/mol. The quantitative estimate of drug-likeness (QED) is 0.357. The van der Waals surface area contributed by atoms with Gasteiger partial charge in [0.15, 0.2) is 10.9 Å². The third-order valence-corrected chi connectivity index (χ3v) is 5.89. The summed E-state index contributed by atoms with van der Waals surface area (Å²) in [5, 5.41) is 3.96. The average Bonchev–Trinajstić information content (AvgIpc) is 3.26. The van der Waals surface area contributed by atoms with Gasteiger partial charge in [0.2, 0.25) is 0 Å². The van der Waals surface area contributed by atoms with Crippen LogP contribution in [0.2, 0.25) is 10.0 Å². The fraction of sp³-hybridized carbons (Fsp3) is 0. The second-order valence-electron chi connectivity index (χ2n) is 5.35. The van der Waals surface area contributed by atoms with Crippen LogP contribution < -0.4 is 5.32 Å². The summed E-state index contributed by atoms with van der Waals surface area (Å²) in [6.45, 7) is 0. The van der Waals surface area contributed by atoms with Crippen LogP contribution in [-0.2, 0) is 0 Å². The first kappa shape index (κ1) is 17.5. The summed E-state index contributed by atoms with van der Waals surface area (Å²) >= 11 is 16.9. The normalized spacial score (nSPS) is 11.0. The van der Waals surface area contributed by atoms with Crippen molar-refractivity contribution in [2.45, 2.75) is 0 Å². The maximum absolute atomic E-state index is 12.4. The van der Waals surface area contributed by atoms with Crippen LogP contribution in [0.1, 0.15) is 10.6 Å². The highest BCUT2D eigenvalue weighted by molar-refractivity contribution is 9.10. The van der Waals surface area contributed by atoms with Crippen LogP contribution in [0.3, 0.4) is 0 Å². The number of benzene rings is 2. The number of hydrogen-bond acceptors (Lipinski definition) is 4. The molecule has 2 heterocycles. The Kier molecular flexibility index (Phi) is 4.75.